The molecule has 110 valence electrons. The van der Waals surface area contributed by atoms with E-state index in [0.717, 1.165) is 37.3 Å². The predicted octanol–water partition coefficient (Wildman–Crippen LogP) is 3.80. The number of hydrogen-bond acceptors (Lipinski definition) is 6. The number of aryl methyl sites for hydroxylation is 1. The Morgan fingerprint density at radius 1 is 1.36 bits per heavy atom. The molecule has 3 rings (SSSR count). The molecule has 0 aliphatic heterocycles. The molecule has 0 aliphatic carbocycles. The van der Waals surface area contributed by atoms with Crippen molar-refractivity contribution in [2.75, 3.05) is 12.9 Å². The highest BCUT2D eigenvalue weighted by Gasteiger charge is 2.15. The van der Waals surface area contributed by atoms with Crippen LogP contribution in [0.5, 0.6) is 5.75 Å². The summed E-state index contributed by atoms with van der Waals surface area (Å²) in [5, 5.41) is 10.5. The van der Waals surface area contributed by atoms with Gasteiger partial charge in [0.25, 0.3) is 0 Å². The van der Waals surface area contributed by atoms with Gasteiger partial charge in [-0.25, -0.2) is 4.98 Å². The number of nitrogens with zero attached hydrogens (tertiary/aromatic N) is 3. The van der Waals surface area contributed by atoms with E-state index in [9.17, 15) is 0 Å². The zero-order chi connectivity index (χ0) is 15.5. The minimum atomic E-state index is 0.554. The fraction of sp³-hybridized carbons (Fsp3) is 0.188. The third kappa shape index (κ3) is 2.78. The zero-order valence-corrected chi connectivity index (χ0v) is 13.8. The summed E-state index contributed by atoms with van der Waals surface area (Å²) in [5.41, 5.74) is 2.66. The molecule has 0 spiro atoms. The van der Waals surface area contributed by atoms with E-state index in [1.807, 2.05) is 31.2 Å². The molecule has 0 bridgehead atoms. The van der Waals surface area contributed by atoms with Crippen molar-refractivity contribution in [2.45, 2.75) is 11.9 Å². The Bertz CT molecular complexity index is 867. The van der Waals surface area contributed by atoms with Crippen LogP contribution in [0.4, 0.5) is 0 Å². The molecular weight excluding hydrogens is 314 g/mol. The van der Waals surface area contributed by atoms with Gasteiger partial charge in [-0.1, -0.05) is 29.8 Å². The fourth-order valence-electron chi connectivity index (χ4n) is 2.09. The normalized spacial score (nSPS) is 10.6. The molecule has 4 nitrogen and oxygen atoms in total. The second-order valence-electron chi connectivity index (χ2n) is 4.49. The fourth-order valence-corrected chi connectivity index (χ4v) is 3.68. The first-order valence-electron chi connectivity index (χ1n) is 6.57. The van der Waals surface area contributed by atoms with E-state index in [-0.39, 0.29) is 0 Å². The summed E-state index contributed by atoms with van der Waals surface area (Å²) < 4.78 is 6.31. The second kappa shape index (κ2) is 6.34. The van der Waals surface area contributed by atoms with E-state index < -0.39 is 0 Å². The number of methoxy groups -OCH3 is 1. The second-order valence-corrected chi connectivity index (χ2v) is 6.66. The summed E-state index contributed by atoms with van der Waals surface area (Å²) in [6.07, 6.45) is 5.33. The Morgan fingerprint density at radius 3 is 3.00 bits per heavy atom. The molecule has 6 heteroatoms. The molecule has 0 amide bonds. The molecule has 0 radical (unpaired) electrons. The number of fused-ring (bicyclic) bond motifs is 1. The van der Waals surface area contributed by atoms with Crippen molar-refractivity contribution in [1.82, 2.24) is 15.2 Å². The Morgan fingerprint density at radius 2 is 2.23 bits per heavy atom. The van der Waals surface area contributed by atoms with E-state index in [4.69, 9.17) is 11.2 Å². The number of terminal acetylenes is 1. The standard InChI is InChI=1S/C16H13N3OS2/c1-4-8-21-16-14-15(22-10(2)17-14)13(18-19-16)11-6-5-7-12(9-11)20-3/h1,5-7,9H,8H2,2-3H3. The molecule has 0 aliphatic rings. The molecular formula is C16H13N3OS2. The maximum Gasteiger partial charge on any atom is 0.147 e. The Hall–Kier alpha value is -2.10. The lowest BCUT2D eigenvalue weighted by Gasteiger charge is -2.05. The number of hydrogen-bond donors (Lipinski definition) is 0. The molecule has 0 saturated heterocycles. The molecule has 0 saturated carbocycles. The zero-order valence-electron chi connectivity index (χ0n) is 12.2. The SMILES string of the molecule is C#CCSc1nnc(-c2cccc(OC)c2)c2sc(C)nc12. The van der Waals surface area contributed by atoms with E-state index in [0.29, 0.717) is 5.75 Å². The van der Waals surface area contributed by atoms with Gasteiger partial charge in [-0.05, 0) is 19.1 Å². The van der Waals surface area contributed by atoms with Crippen molar-refractivity contribution >= 4 is 33.3 Å². The van der Waals surface area contributed by atoms with Gasteiger partial charge >= 0.3 is 0 Å². The van der Waals surface area contributed by atoms with Gasteiger partial charge in [0.2, 0.25) is 0 Å². The van der Waals surface area contributed by atoms with Gasteiger partial charge in [0, 0.05) is 5.56 Å². The molecule has 2 heterocycles. The highest BCUT2D eigenvalue weighted by Crippen LogP contribution is 2.35. The Labute approximate surface area is 136 Å². The number of thioether (sulfide) groups is 1. The predicted molar refractivity (Wildman–Crippen MR) is 91.5 cm³/mol. The van der Waals surface area contributed by atoms with Crippen molar-refractivity contribution < 1.29 is 4.74 Å². The maximum absolute atomic E-state index is 5.33. The van der Waals surface area contributed by atoms with Crippen LogP contribution in [0.1, 0.15) is 5.01 Å². The summed E-state index contributed by atoms with van der Waals surface area (Å²) in [4.78, 5) is 4.59. The van der Waals surface area contributed by atoms with Gasteiger partial charge in [0.1, 0.15) is 22.0 Å². The molecule has 0 unspecified atom stereocenters. The highest BCUT2D eigenvalue weighted by atomic mass is 32.2. The van der Waals surface area contributed by atoms with Crippen LogP contribution in [0.2, 0.25) is 0 Å². The number of rotatable bonds is 4. The summed E-state index contributed by atoms with van der Waals surface area (Å²) in [6.45, 7) is 1.98. The summed E-state index contributed by atoms with van der Waals surface area (Å²) in [7, 11) is 1.65. The lowest BCUT2D eigenvalue weighted by atomic mass is 10.1. The van der Waals surface area contributed by atoms with Crippen LogP contribution in [-0.2, 0) is 0 Å². The van der Waals surface area contributed by atoms with Gasteiger partial charge in [0.15, 0.2) is 0 Å². The van der Waals surface area contributed by atoms with Crippen molar-refractivity contribution in [3.63, 3.8) is 0 Å². The van der Waals surface area contributed by atoms with Crippen LogP contribution in [0.3, 0.4) is 0 Å². The number of aromatic nitrogens is 3. The maximum atomic E-state index is 5.33. The third-order valence-electron chi connectivity index (χ3n) is 3.03. The Balaban J connectivity index is 2.16. The molecule has 0 atom stereocenters. The van der Waals surface area contributed by atoms with E-state index in [1.165, 1.54) is 11.8 Å². The largest absolute Gasteiger partial charge is 0.497 e. The van der Waals surface area contributed by atoms with E-state index in [2.05, 4.69) is 21.1 Å². The molecule has 1 aromatic carbocycles. The van der Waals surface area contributed by atoms with E-state index >= 15 is 0 Å². The first-order chi connectivity index (χ1) is 10.7. The Kier molecular flexibility index (Phi) is 4.27. The van der Waals surface area contributed by atoms with Crippen molar-refractivity contribution in [1.29, 1.82) is 0 Å². The number of ether oxygens (including phenoxy) is 1. The van der Waals surface area contributed by atoms with Gasteiger partial charge in [-0.15, -0.1) is 28.0 Å². The summed E-state index contributed by atoms with van der Waals surface area (Å²) in [6, 6.07) is 7.79. The quantitative estimate of drug-likeness (QED) is 0.539. The monoisotopic (exact) mass is 327 g/mol. The third-order valence-corrected chi connectivity index (χ3v) is 4.86. The van der Waals surface area contributed by atoms with Crippen LogP contribution < -0.4 is 4.74 Å². The summed E-state index contributed by atoms with van der Waals surface area (Å²) in [5.74, 6) is 3.95. The van der Waals surface area contributed by atoms with Gasteiger partial charge in [-0.3, -0.25) is 0 Å². The van der Waals surface area contributed by atoms with Gasteiger partial charge in [-0.2, -0.15) is 0 Å². The number of benzene rings is 1. The molecule has 22 heavy (non-hydrogen) atoms. The van der Waals surface area contributed by atoms with Crippen LogP contribution in [0, 0.1) is 19.3 Å². The first-order valence-corrected chi connectivity index (χ1v) is 8.37. The molecule has 3 aromatic rings. The topological polar surface area (TPSA) is 47.9 Å². The van der Waals surface area contributed by atoms with Crippen LogP contribution in [-0.4, -0.2) is 28.0 Å². The minimum absolute atomic E-state index is 0.554. The first kappa shape index (κ1) is 14.8. The van der Waals surface area contributed by atoms with E-state index in [1.54, 1.807) is 18.4 Å². The smallest absolute Gasteiger partial charge is 0.147 e. The minimum Gasteiger partial charge on any atom is -0.497 e. The van der Waals surface area contributed by atoms with Gasteiger partial charge in [0.05, 0.1) is 22.6 Å². The van der Waals surface area contributed by atoms with Crippen LogP contribution >= 0.6 is 23.1 Å². The van der Waals surface area contributed by atoms with Gasteiger partial charge < -0.3 is 4.74 Å². The number of thiazole rings is 1. The molecule has 0 fully saturated rings. The lowest BCUT2D eigenvalue weighted by molar-refractivity contribution is 0.415. The van der Waals surface area contributed by atoms with Crippen LogP contribution in [0.15, 0.2) is 29.3 Å². The highest BCUT2D eigenvalue weighted by molar-refractivity contribution is 7.99. The molecule has 2 aromatic heterocycles. The summed E-state index contributed by atoms with van der Waals surface area (Å²) >= 11 is 3.10. The molecule has 0 N–H and O–H groups in total. The average molecular weight is 327 g/mol. The lowest BCUT2D eigenvalue weighted by Crippen LogP contribution is -1.93. The van der Waals surface area contributed by atoms with Crippen molar-refractivity contribution in [3.05, 3.63) is 29.3 Å². The van der Waals surface area contributed by atoms with Crippen molar-refractivity contribution in [2.24, 2.45) is 0 Å². The average Bonchev–Trinajstić information content (AvgIpc) is 2.94. The van der Waals surface area contributed by atoms with Crippen molar-refractivity contribution in [3.8, 4) is 29.4 Å². The van der Waals surface area contributed by atoms with Crippen LogP contribution in [0.25, 0.3) is 21.5 Å².